The van der Waals surface area contributed by atoms with Crippen molar-refractivity contribution in [1.82, 2.24) is 24.5 Å². The molecule has 0 radical (unpaired) electrons. The molecule has 0 aliphatic heterocycles. The van der Waals surface area contributed by atoms with Crippen molar-refractivity contribution >= 4 is 53.3 Å². The third-order valence-corrected chi connectivity index (χ3v) is 10.5. The molecule has 10 rings (SSSR count). The molecule has 5 nitrogen and oxygen atoms in total. The molecule has 4 aromatic heterocycles. The largest absolute Gasteiger partial charge is 0.294 e. The zero-order valence-electron chi connectivity index (χ0n) is 26.7. The summed E-state index contributed by atoms with van der Waals surface area (Å²) in [5.41, 5.74) is 7.37. The van der Waals surface area contributed by atoms with Crippen LogP contribution in [0.2, 0.25) is 0 Å². The summed E-state index contributed by atoms with van der Waals surface area (Å²) in [6.45, 7) is 0. The minimum atomic E-state index is 0.582. The molecule has 0 bridgehead atoms. The maximum absolute atomic E-state index is 5.02. The lowest BCUT2D eigenvalue weighted by atomic mass is 9.98. The Bertz CT molecular complexity index is 2800. The molecule has 0 N–H and O–H groups in total. The van der Waals surface area contributed by atoms with Crippen molar-refractivity contribution in [3.8, 4) is 51.1 Å². The number of nitrogens with zero attached hydrogens (tertiary/aromatic N) is 5. The van der Waals surface area contributed by atoms with Crippen molar-refractivity contribution in [3.63, 3.8) is 0 Å². The molecule has 0 amide bonds. The van der Waals surface area contributed by atoms with Crippen LogP contribution in [0.1, 0.15) is 0 Å². The molecule has 50 heavy (non-hydrogen) atoms. The van der Waals surface area contributed by atoms with Crippen molar-refractivity contribution in [1.29, 1.82) is 0 Å². The average Bonchev–Trinajstić information content (AvgIpc) is 3.74. The molecule has 4 heterocycles. The fraction of sp³-hybridized carbons (Fsp3) is 0. The highest BCUT2D eigenvalue weighted by atomic mass is 32.1. The quantitative estimate of drug-likeness (QED) is 0.185. The molecule has 10 aromatic rings. The Labute approximate surface area is 291 Å². The summed E-state index contributed by atoms with van der Waals surface area (Å²) in [7, 11) is 0. The van der Waals surface area contributed by atoms with Gasteiger partial charge in [-0.05, 0) is 53.6 Å². The van der Waals surface area contributed by atoms with Crippen molar-refractivity contribution < 1.29 is 0 Å². The molecule has 0 saturated heterocycles. The average molecular weight is 658 g/mol. The number of benzene rings is 6. The fourth-order valence-electron chi connectivity index (χ4n) is 6.99. The highest BCUT2D eigenvalue weighted by Crippen LogP contribution is 2.42. The van der Waals surface area contributed by atoms with Gasteiger partial charge in [0, 0.05) is 53.8 Å². The van der Waals surface area contributed by atoms with Crippen molar-refractivity contribution in [2.45, 2.75) is 0 Å². The summed E-state index contributed by atoms with van der Waals surface area (Å²) in [5.74, 6) is 2.67. The summed E-state index contributed by atoms with van der Waals surface area (Å²) >= 11 is 1.85. The minimum absolute atomic E-state index is 0.582. The first kappa shape index (κ1) is 28.5. The summed E-state index contributed by atoms with van der Waals surface area (Å²) < 4.78 is 4.86. The van der Waals surface area contributed by atoms with Crippen LogP contribution in [0.15, 0.2) is 164 Å². The number of aromatic nitrogens is 5. The van der Waals surface area contributed by atoms with Gasteiger partial charge in [0.05, 0.1) is 11.0 Å². The van der Waals surface area contributed by atoms with E-state index in [1.807, 2.05) is 78.2 Å². The molecule has 234 valence electrons. The molecule has 0 unspecified atom stereocenters. The van der Waals surface area contributed by atoms with E-state index < -0.39 is 0 Å². The zero-order chi connectivity index (χ0) is 33.0. The summed E-state index contributed by atoms with van der Waals surface area (Å²) in [5, 5.41) is 5.01. The molecule has 6 aromatic carbocycles. The van der Waals surface area contributed by atoms with E-state index in [9.17, 15) is 0 Å². The Kier molecular flexibility index (Phi) is 6.60. The van der Waals surface area contributed by atoms with Crippen molar-refractivity contribution in [2.75, 3.05) is 0 Å². The lowest BCUT2D eigenvalue weighted by molar-refractivity contribution is 1.05. The lowest BCUT2D eigenvalue weighted by Gasteiger charge is -2.10. The summed E-state index contributed by atoms with van der Waals surface area (Å²) in [6.07, 6.45) is 1.87. The van der Waals surface area contributed by atoms with E-state index >= 15 is 0 Å². The van der Waals surface area contributed by atoms with E-state index in [-0.39, 0.29) is 0 Å². The first-order chi connectivity index (χ1) is 24.8. The topological polar surface area (TPSA) is 56.5 Å². The van der Waals surface area contributed by atoms with Gasteiger partial charge in [0.1, 0.15) is 5.82 Å². The van der Waals surface area contributed by atoms with Gasteiger partial charge in [-0.25, -0.2) is 19.9 Å². The molecule has 0 aliphatic rings. The SMILES string of the molecule is c1ccc(-c2nc(-c3ccccc3)nc(-c3ccc(-n4c5ccccc5c5cc(-c6cccc7sc8ccccc8c67)ccc54)nc3)n2)cc1. The van der Waals surface area contributed by atoms with E-state index in [2.05, 4.69) is 102 Å². The summed E-state index contributed by atoms with van der Waals surface area (Å²) in [6, 6.07) is 54.9. The van der Waals surface area contributed by atoms with E-state index in [0.29, 0.717) is 17.5 Å². The van der Waals surface area contributed by atoms with E-state index in [0.717, 1.165) is 33.5 Å². The number of fused-ring (bicyclic) bond motifs is 6. The van der Waals surface area contributed by atoms with Gasteiger partial charge < -0.3 is 0 Å². The molecule has 0 aliphatic carbocycles. The fourth-order valence-corrected chi connectivity index (χ4v) is 8.12. The van der Waals surface area contributed by atoms with Gasteiger partial charge in [0.25, 0.3) is 0 Å². The third-order valence-electron chi connectivity index (χ3n) is 9.32. The van der Waals surface area contributed by atoms with E-state index in [1.165, 1.54) is 42.1 Å². The van der Waals surface area contributed by atoms with Crippen LogP contribution in [0.25, 0.3) is 93.1 Å². The predicted octanol–water partition coefficient (Wildman–Crippen LogP) is 11.4. The molecule has 0 atom stereocenters. The first-order valence-electron chi connectivity index (χ1n) is 16.6. The number of para-hydroxylation sites is 1. The summed E-state index contributed by atoms with van der Waals surface area (Å²) in [4.78, 5) is 19.6. The number of hydrogen-bond donors (Lipinski definition) is 0. The molecule has 6 heteroatoms. The third kappa shape index (κ3) is 4.69. The van der Waals surface area contributed by atoms with Crippen LogP contribution in [0.3, 0.4) is 0 Å². The maximum atomic E-state index is 5.02. The zero-order valence-corrected chi connectivity index (χ0v) is 27.5. The monoisotopic (exact) mass is 657 g/mol. The van der Waals surface area contributed by atoms with Crippen LogP contribution >= 0.6 is 11.3 Å². The number of hydrogen-bond acceptors (Lipinski definition) is 5. The molecular formula is C44H27N5S. The second kappa shape index (κ2) is 11.6. The van der Waals surface area contributed by atoms with Crippen LogP contribution in [-0.4, -0.2) is 24.5 Å². The highest BCUT2D eigenvalue weighted by Gasteiger charge is 2.17. The number of rotatable bonds is 5. The predicted molar refractivity (Wildman–Crippen MR) is 207 cm³/mol. The standard InChI is InChI=1S/C44H27N5S/c1-3-12-28(13-4-1)42-46-43(29-14-5-2-6-15-29)48-44(47-42)31-23-25-40(45-27-31)49-36-19-9-7-16-33(36)35-26-30(22-24-37(35)49)32-18-11-21-39-41(32)34-17-8-10-20-38(34)50-39/h1-27H. The Morgan fingerprint density at radius 1 is 0.420 bits per heavy atom. The van der Waals surface area contributed by atoms with Crippen LogP contribution in [0, 0.1) is 0 Å². The Hall–Kier alpha value is -6.50. The normalized spacial score (nSPS) is 11.6. The second-order valence-corrected chi connectivity index (χ2v) is 13.4. The van der Waals surface area contributed by atoms with E-state index in [1.54, 1.807) is 0 Å². The second-order valence-electron chi connectivity index (χ2n) is 12.3. The van der Waals surface area contributed by atoms with Gasteiger partial charge in [0.2, 0.25) is 0 Å². The van der Waals surface area contributed by atoms with Crippen LogP contribution in [-0.2, 0) is 0 Å². The number of thiophene rings is 1. The van der Waals surface area contributed by atoms with Crippen LogP contribution < -0.4 is 0 Å². The highest BCUT2D eigenvalue weighted by molar-refractivity contribution is 7.25. The molecule has 0 spiro atoms. The minimum Gasteiger partial charge on any atom is -0.294 e. The Morgan fingerprint density at radius 3 is 1.74 bits per heavy atom. The van der Waals surface area contributed by atoms with Gasteiger partial charge in [-0.1, -0.05) is 115 Å². The molecular weight excluding hydrogens is 631 g/mol. The Balaban J connectivity index is 1.10. The van der Waals surface area contributed by atoms with Gasteiger partial charge in [-0.15, -0.1) is 11.3 Å². The smallest absolute Gasteiger partial charge is 0.165 e. The van der Waals surface area contributed by atoms with E-state index in [4.69, 9.17) is 19.9 Å². The van der Waals surface area contributed by atoms with Crippen LogP contribution in [0.5, 0.6) is 0 Å². The Morgan fingerprint density at radius 2 is 1.02 bits per heavy atom. The van der Waals surface area contributed by atoms with Gasteiger partial charge >= 0.3 is 0 Å². The maximum Gasteiger partial charge on any atom is 0.165 e. The van der Waals surface area contributed by atoms with Gasteiger partial charge in [-0.3, -0.25) is 4.57 Å². The van der Waals surface area contributed by atoms with Gasteiger partial charge in [0.15, 0.2) is 17.5 Å². The van der Waals surface area contributed by atoms with Gasteiger partial charge in [-0.2, -0.15) is 0 Å². The van der Waals surface area contributed by atoms with Crippen molar-refractivity contribution in [3.05, 3.63) is 164 Å². The number of pyridine rings is 1. The van der Waals surface area contributed by atoms with Crippen LogP contribution in [0.4, 0.5) is 0 Å². The first-order valence-corrected chi connectivity index (χ1v) is 17.4. The molecule has 0 fully saturated rings. The molecule has 0 saturated carbocycles. The van der Waals surface area contributed by atoms with Crippen molar-refractivity contribution in [2.24, 2.45) is 0 Å². The lowest BCUT2D eigenvalue weighted by Crippen LogP contribution is -2.01.